The van der Waals surface area contributed by atoms with Gasteiger partial charge in [-0.2, -0.15) is 0 Å². The summed E-state index contributed by atoms with van der Waals surface area (Å²) in [5.74, 6) is 0. The fraction of sp³-hybridized carbons (Fsp3) is 0.800. The van der Waals surface area contributed by atoms with Crippen LogP contribution in [-0.2, 0) is 0 Å². The third kappa shape index (κ3) is 2.74. The number of rotatable bonds is 2. The summed E-state index contributed by atoms with van der Waals surface area (Å²) in [7, 11) is 0. The summed E-state index contributed by atoms with van der Waals surface area (Å²) in [5.41, 5.74) is 3.81. The van der Waals surface area contributed by atoms with Crippen LogP contribution in [-0.4, -0.2) is 26.9 Å². The Morgan fingerprint density at radius 1 is 1.67 bits per heavy atom. The first-order valence-corrected chi connectivity index (χ1v) is 2.96. The monoisotopic (exact) mass is 149 g/mol. The van der Waals surface area contributed by atoms with Crippen LogP contribution in [0.3, 0.4) is 0 Å². The fourth-order valence-electron chi connectivity index (χ4n) is 0.348. The van der Waals surface area contributed by atoms with Gasteiger partial charge in [-0.15, -0.1) is 0 Å². The normalized spacial score (nSPS) is 15.1. The topological polar surface area (TPSA) is 66.5 Å². The van der Waals surface area contributed by atoms with E-state index in [4.69, 9.17) is 15.9 Å². The highest BCUT2D eigenvalue weighted by atomic mass is 32.1. The van der Waals surface area contributed by atoms with E-state index in [1.807, 2.05) is 0 Å². The van der Waals surface area contributed by atoms with Gasteiger partial charge in [0.1, 0.15) is 11.1 Å². The van der Waals surface area contributed by atoms with Crippen molar-refractivity contribution in [2.45, 2.75) is 25.6 Å². The molecule has 0 aromatic carbocycles. The number of thiocarbonyl (C=S) groups is 1. The maximum absolute atomic E-state index is 9.04. The lowest BCUT2D eigenvalue weighted by molar-refractivity contribution is -0.0120. The van der Waals surface area contributed by atoms with Crippen LogP contribution in [0.15, 0.2) is 0 Å². The predicted octanol–water partition coefficient (Wildman–Crippen LogP) is -0.596. The molecule has 0 heterocycles. The molecule has 0 fully saturated rings. The van der Waals surface area contributed by atoms with Gasteiger partial charge in [-0.05, 0) is 13.8 Å². The van der Waals surface area contributed by atoms with Crippen molar-refractivity contribution < 1.29 is 10.2 Å². The molecule has 0 amide bonds. The van der Waals surface area contributed by atoms with Crippen molar-refractivity contribution in [3.05, 3.63) is 0 Å². The van der Waals surface area contributed by atoms with Crippen molar-refractivity contribution in [3.8, 4) is 0 Å². The van der Waals surface area contributed by atoms with Crippen LogP contribution in [0.1, 0.15) is 13.8 Å². The Morgan fingerprint density at radius 3 is 2.00 bits per heavy atom. The molecule has 0 aliphatic carbocycles. The summed E-state index contributed by atoms with van der Waals surface area (Å²) in [5, 5.41) is 18.0. The van der Waals surface area contributed by atoms with E-state index in [9.17, 15) is 0 Å². The predicted molar refractivity (Wildman–Crippen MR) is 39.1 cm³/mol. The van der Waals surface area contributed by atoms with Gasteiger partial charge in [0.15, 0.2) is 0 Å². The Labute approximate surface area is 59.5 Å². The zero-order chi connectivity index (χ0) is 7.65. The van der Waals surface area contributed by atoms with Crippen molar-refractivity contribution >= 4 is 17.2 Å². The average Bonchev–Trinajstić information content (AvgIpc) is 1.62. The van der Waals surface area contributed by atoms with Crippen molar-refractivity contribution in [1.29, 1.82) is 0 Å². The van der Waals surface area contributed by atoms with Crippen molar-refractivity contribution in [3.63, 3.8) is 0 Å². The van der Waals surface area contributed by atoms with Gasteiger partial charge in [-0.3, -0.25) is 0 Å². The first kappa shape index (κ1) is 8.81. The minimum Gasteiger partial charge on any atom is -0.391 e. The van der Waals surface area contributed by atoms with Gasteiger partial charge in [-0.25, -0.2) is 0 Å². The average molecular weight is 149 g/mol. The van der Waals surface area contributed by atoms with Gasteiger partial charge in [0.05, 0.1) is 5.60 Å². The van der Waals surface area contributed by atoms with Gasteiger partial charge < -0.3 is 15.9 Å². The molecule has 0 aliphatic rings. The minimum atomic E-state index is -1.23. The Hall–Kier alpha value is -0.190. The van der Waals surface area contributed by atoms with Gasteiger partial charge >= 0.3 is 0 Å². The molecule has 1 atom stereocenters. The van der Waals surface area contributed by atoms with Crippen LogP contribution in [0, 0.1) is 0 Å². The maximum Gasteiger partial charge on any atom is 0.132 e. The summed E-state index contributed by atoms with van der Waals surface area (Å²) in [4.78, 5) is -0.0810. The van der Waals surface area contributed by atoms with E-state index in [1.165, 1.54) is 13.8 Å². The van der Waals surface area contributed by atoms with Gasteiger partial charge in [0.2, 0.25) is 0 Å². The number of aliphatic hydroxyl groups is 2. The molecular weight excluding hydrogens is 138 g/mol. The number of aliphatic hydroxyl groups excluding tert-OH is 1. The summed E-state index contributed by atoms with van der Waals surface area (Å²) in [6, 6.07) is 0. The van der Waals surface area contributed by atoms with Gasteiger partial charge in [-0.1, -0.05) is 12.2 Å². The van der Waals surface area contributed by atoms with Gasteiger partial charge in [0.25, 0.3) is 0 Å². The molecule has 0 aromatic heterocycles. The third-order valence-electron chi connectivity index (χ3n) is 0.939. The van der Waals surface area contributed by atoms with Crippen molar-refractivity contribution in [2.75, 3.05) is 0 Å². The number of hydrogen-bond acceptors (Lipinski definition) is 3. The first-order chi connectivity index (χ1) is 3.85. The second-order valence-corrected chi connectivity index (χ2v) is 2.93. The molecule has 0 aromatic rings. The Kier molecular flexibility index (Phi) is 2.54. The minimum absolute atomic E-state index is 0.0810. The lowest BCUT2D eigenvalue weighted by Crippen LogP contribution is -2.44. The summed E-state index contributed by atoms with van der Waals surface area (Å²) < 4.78 is 0. The molecular formula is C5H11NO2S. The van der Waals surface area contributed by atoms with Gasteiger partial charge in [0, 0.05) is 0 Å². The van der Waals surface area contributed by atoms with Crippen LogP contribution in [0.5, 0.6) is 0 Å². The molecule has 0 saturated carbocycles. The highest BCUT2D eigenvalue weighted by Crippen LogP contribution is 2.07. The molecule has 1 unspecified atom stereocenters. The molecule has 0 spiro atoms. The molecule has 9 heavy (non-hydrogen) atoms. The van der Waals surface area contributed by atoms with Crippen LogP contribution in [0.4, 0.5) is 0 Å². The fourth-order valence-corrected chi connectivity index (χ4v) is 0.637. The largest absolute Gasteiger partial charge is 0.391 e. The van der Waals surface area contributed by atoms with E-state index in [0.717, 1.165) is 0 Å². The summed E-state index contributed by atoms with van der Waals surface area (Å²) >= 11 is 4.43. The second-order valence-electron chi connectivity index (χ2n) is 2.46. The Bertz CT molecular complexity index is 119. The van der Waals surface area contributed by atoms with Crippen molar-refractivity contribution in [2.24, 2.45) is 5.73 Å². The van der Waals surface area contributed by atoms with E-state index >= 15 is 0 Å². The second kappa shape index (κ2) is 2.60. The Balaban J connectivity index is 4.04. The first-order valence-electron chi connectivity index (χ1n) is 2.55. The summed E-state index contributed by atoms with van der Waals surface area (Å²) in [6.45, 7) is 2.88. The molecule has 0 aliphatic heterocycles. The number of nitrogens with two attached hydrogens (primary N) is 1. The van der Waals surface area contributed by atoms with E-state index < -0.39 is 11.7 Å². The van der Waals surface area contributed by atoms with Crippen LogP contribution >= 0.6 is 12.2 Å². The molecule has 4 N–H and O–H groups in total. The standard InChI is InChI=1S/C5H11NO2S/c1-5(2,8)3(7)4(6)9/h3,7-8H,1-2H3,(H2,6,9). The highest BCUT2D eigenvalue weighted by Gasteiger charge is 2.26. The smallest absolute Gasteiger partial charge is 0.132 e. The molecule has 0 rings (SSSR count). The lowest BCUT2D eigenvalue weighted by atomic mass is 10.0. The highest BCUT2D eigenvalue weighted by molar-refractivity contribution is 7.80. The molecule has 54 valence electrons. The zero-order valence-corrected chi connectivity index (χ0v) is 6.27. The van der Waals surface area contributed by atoms with E-state index in [1.54, 1.807) is 0 Å². The van der Waals surface area contributed by atoms with Crippen LogP contribution < -0.4 is 5.73 Å². The molecule has 0 saturated heterocycles. The molecule has 0 radical (unpaired) electrons. The molecule has 4 heteroatoms. The zero-order valence-electron chi connectivity index (χ0n) is 5.46. The Morgan fingerprint density at radius 2 is 2.00 bits per heavy atom. The van der Waals surface area contributed by atoms with E-state index in [-0.39, 0.29) is 4.99 Å². The van der Waals surface area contributed by atoms with E-state index in [0.29, 0.717) is 0 Å². The lowest BCUT2D eigenvalue weighted by Gasteiger charge is -2.22. The van der Waals surface area contributed by atoms with E-state index in [2.05, 4.69) is 12.2 Å². The van der Waals surface area contributed by atoms with Crippen LogP contribution in [0.25, 0.3) is 0 Å². The molecule has 0 bridgehead atoms. The maximum atomic E-state index is 9.04. The SMILES string of the molecule is CC(C)(O)C(O)C(N)=S. The van der Waals surface area contributed by atoms with Crippen LogP contribution in [0.2, 0.25) is 0 Å². The summed E-state index contributed by atoms with van der Waals surface area (Å²) in [6.07, 6.45) is -1.12. The quantitative estimate of drug-likeness (QED) is 0.459. The molecule has 3 nitrogen and oxygen atoms in total. The third-order valence-corrected chi connectivity index (χ3v) is 1.16. The number of hydrogen-bond donors (Lipinski definition) is 3. The van der Waals surface area contributed by atoms with Crippen molar-refractivity contribution in [1.82, 2.24) is 0 Å².